The van der Waals surface area contributed by atoms with E-state index in [9.17, 15) is 0 Å². The van der Waals surface area contributed by atoms with Crippen molar-refractivity contribution in [1.82, 2.24) is 0 Å². The van der Waals surface area contributed by atoms with E-state index < -0.39 is 0 Å². The summed E-state index contributed by atoms with van der Waals surface area (Å²) in [6, 6.07) is 5.60. The molecule has 1 aromatic carbocycles. The highest BCUT2D eigenvalue weighted by molar-refractivity contribution is 6.32. The molecule has 0 aliphatic rings. The van der Waals surface area contributed by atoms with Gasteiger partial charge in [-0.05, 0) is 24.6 Å². The maximum Gasteiger partial charge on any atom is 0.144 e. The summed E-state index contributed by atoms with van der Waals surface area (Å²) >= 11 is 5.98. The van der Waals surface area contributed by atoms with Crippen LogP contribution in [0.25, 0.3) is 5.57 Å². The Morgan fingerprint density at radius 1 is 1.57 bits per heavy atom. The third-order valence-electron chi connectivity index (χ3n) is 2.00. The Labute approximate surface area is 89.3 Å². The molecule has 0 atom stereocenters. The van der Waals surface area contributed by atoms with Crippen molar-refractivity contribution in [2.45, 2.75) is 6.42 Å². The van der Waals surface area contributed by atoms with Crippen molar-refractivity contribution in [2.75, 3.05) is 13.7 Å². The fraction of sp³-hybridized carbons (Fsp3) is 0.273. The van der Waals surface area contributed by atoms with Gasteiger partial charge in [-0.15, -0.1) is 0 Å². The van der Waals surface area contributed by atoms with Gasteiger partial charge in [-0.3, -0.25) is 0 Å². The largest absolute Gasteiger partial charge is 0.495 e. The molecule has 0 amide bonds. The Kier molecular flexibility index (Phi) is 3.98. The van der Waals surface area contributed by atoms with Gasteiger partial charge in [0.25, 0.3) is 0 Å². The Hall–Kier alpha value is -0.990. The second-order valence-electron chi connectivity index (χ2n) is 2.96. The number of para-hydroxylation sites is 1. The van der Waals surface area contributed by atoms with Crippen LogP contribution in [0.4, 0.5) is 0 Å². The number of halogens is 1. The summed E-state index contributed by atoms with van der Waals surface area (Å²) in [7, 11) is 1.60. The van der Waals surface area contributed by atoms with E-state index in [1.165, 1.54) is 0 Å². The fourth-order valence-corrected chi connectivity index (χ4v) is 1.56. The zero-order valence-electron chi connectivity index (χ0n) is 8.22. The summed E-state index contributed by atoms with van der Waals surface area (Å²) in [5.41, 5.74) is 7.35. The lowest BCUT2D eigenvalue weighted by atomic mass is 10.0. The van der Waals surface area contributed by atoms with Crippen molar-refractivity contribution in [3.8, 4) is 5.75 Å². The van der Waals surface area contributed by atoms with Gasteiger partial charge in [-0.25, -0.2) is 0 Å². The predicted octanol–water partition coefficient (Wildman–Crippen LogP) is 2.71. The van der Waals surface area contributed by atoms with Crippen LogP contribution >= 0.6 is 11.6 Å². The lowest BCUT2D eigenvalue weighted by Crippen LogP contribution is -2.00. The van der Waals surface area contributed by atoms with Crippen LogP contribution in [-0.2, 0) is 0 Å². The quantitative estimate of drug-likeness (QED) is 0.831. The summed E-state index contributed by atoms with van der Waals surface area (Å²) in [5, 5.41) is 0.600. The summed E-state index contributed by atoms with van der Waals surface area (Å²) in [6.45, 7) is 4.52. The van der Waals surface area contributed by atoms with Crippen molar-refractivity contribution < 1.29 is 4.74 Å². The SMILES string of the molecule is C=C(CCN)c1cccc(Cl)c1OC. The maximum absolute atomic E-state index is 5.98. The van der Waals surface area contributed by atoms with Gasteiger partial charge in [0.2, 0.25) is 0 Å². The van der Waals surface area contributed by atoms with Gasteiger partial charge in [-0.1, -0.05) is 30.3 Å². The molecule has 0 unspecified atom stereocenters. The first kappa shape index (κ1) is 11.1. The molecule has 1 aromatic rings. The number of nitrogens with two attached hydrogens (primary N) is 1. The molecule has 0 radical (unpaired) electrons. The Morgan fingerprint density at radius 3 is 2.86 bits per heavy atom. The van der Waals surface area contributed by atoms with Crippen LogP contribution in [0.1, 0.15) is 12.0 Å². The minimum Gasteiger partial charge on any atom is -0.495 e. The van der Waals surface area contributed by atoms with Crippen molar-refractivity contribution in [3.63, 3.8) is 0 Å². The molecule has 0 saturated carbocycles. The first-order chi connectivity index (χ1) is 6.70. The third-order valence-corrected chi connectivity index (χ3v) is 2.30. The van der Waals surface area contributed by atoms with Crippen molar-refractivity contribution in [2.24, 2.45) is 5.73 Å². The van der Waals surface area contributed by atoms with Crippen LogP contribution in [0, 0.1) is 0 Å². The van der Waals surface area contributed by atoms with Gasteiger partial charge in [-0.2, -0.15) is 0 Å². The number of ether oxygens (including phenoxy) is 1. The fourth-order valence-electron chi connectivity index (χ4n) is 1.30. The smallest absolute Gasteiger partial charge is 0.144 e. The summed E-state index contributed by atoms with van der Waals surface area (Å²) < 4.78 is 5.21. The van der Waals surface area contributed by atoms with Crippen molar-refractivity contribution in [1.29, 1.82) is 0 Å². The zero-order chi connectivity index (χ0) is 10.6. The molecule has 0 spiro atoms. The van der Waals surface area contributed by atoms with Crippen LogP contribution in [-0.4, -0.2) is 13.7 Å². The molecule has 14 heavy (non-hydrogen) atoms. The van der Waals surface area contributed by atoms with Crippen molar-refractivity contribution >= 4 is 17.2 Å². The van der Waals surface area contributed by atoms with Crippen LogP contribution in [0.3, 0.4) is 0 Å². The Morgan fingerprint density at radius 2 is 2.29 bits per heavy atom. The van der Waals surface area contributed by atoms with E-state index in [-0.39, 0.29) is 0 Å². The zero-order valence-corrected chi connectivity index (χ0v) is 8.97. The van der Waals surface area contributed by atoms with Crippen LogP contribution in [0.5, 0.6) is 5.75 Å². The molecule has 1 rings (SSSR count). The van der Waals surface area contributed by atoms with E-state index in [0.29, 0.717) is 17.3 Å². The average molecular weight is 212 g/mol. The molecule has 0 aromatic heterocycles. The highest BCUT2D eigenvalue weighted by Gasteiger charge is 2.09. The van der Waals surface area contributed by atoms with Gasteiger partial charge < -0.3 is 10.5 Å². The van der Waals surface area contributed by atoms with E-state index in [1.54, 1.807) is 13.2 Å². The second-order valence-corrected chi connectivity index (χ2v) is 3.37. The molecular formula is C11H14ClNO. The van der Waals surface area contributed by atoms with Crippen molar-refractivity contribution in [3.05, 3.63) is 35.4 Å². The number of hydrogen-bond acceptors (Lipinski definition) is 2. The molecule has 2 N–H and O–H groups in total. The van der Waals surface area contributed by atoms with Crippen LogP contribution in [0.2, 0.25) is 5.02 Å². The molecule has 2 nitrogen and oxygen atoms in total. The second kappa shape index (κ2) is 5.03. The highest BCUT2D eigenvalue weighted by Crippen LogP contribution is 2.33. The topological polar surface area (TPSA) is 35.2 Å². The molecule has 3 heteroatoms. The normalized spacial score (nSPS) is 9.93. The van der Waals surface area contributed by atoms with Crippen LogP contribution < -0.4 is 10.5 Å². The van der Waals surface area contributed by atoms with E-state index in [0.717, 1.165) is 17.6 Å². The van der Waals surface area contributed by atoms with Crippen LogP contribution in [0.15, 0.2) is 24.8 Å². The van der Waals surface area contributed by atoms with Gasteiger partial charge in [0.05, 0.1) is 12.1 Å². The van der Waals surface area contributed by atoms with Gasteiger partial charge in [0.1, 0.15) is 5.75 Å². The lowest BCUT2D eigenvalue weighted by Gasteiger charge is -2.11. The summed E-state index contributed by atoms with van der Waals surface area (Å²) in [6.07, 6.45) is 0.747. The standard InChI is InChI=1S/C11H14ClNO/c1-8(6-7-13)9-4-3-5-10(12)11(9)14-2/h3-5H,1,6-7,13H2,2H3. The lowest BCUT2D eigenvalue weighted by molar-refractivity contribution is 0.413. The first-order valence-electron chi connectivity index (χ1n) is 4.41. The van der Waals surface area contributed by atoms with E-state index in [2.05, 4.69) is 6.58 Å². The molecule has 0 saturated heterocycles. The summed E-state index contributed by atoms with van der Waals surface area (Å²) in [5.74, 6) is 0.674. The number of methoxy groups -OCH3 is 1. The van der Waals surface area contributed by atoms with Gasteiger partial charge >= 0.3 is 0 Å². The molecule has 76 valence electrons. The Balaban J connectivity index is 3.07. The molecule has 0 bridgehead atoms. The maximum atomic E-state index is 5.98. The number of hydrogen-bond donors (Lipinski definition) is 1. The monoisotopic (exact) mass is 211 g/mol. The van der Waals surface area contributed by atoms with E-state index in [4.69, 9.17) is 22.1 Å². The molecule has 0 heterocycles. The molecular weight excluding hydrogens is 198 g/mol. The minimum absolute atomic E-state index is 0.578. The average Bonchev–Trinajstić information content (AvgIpc) is 2.17. The predicted molar refractivity (Wildman–Crippen MR) is 60.7 cm³/mol. The molecule has 0 aliphatic carbocycles. The highest BCUT2D eigenvalue weighted by atomic mass is 35.5. The van der Waals surface area contributed by atoms with Gasteiger partial charge in [0.15, 0.2) is 0 Å². The van der Waals surface area contributed by atoms with E-state index in [1.807, 2.05) is 12.1 Å². The Bertz CT molecular complexity index is 336. The van der Waals surface area contributed by atoms with Gasteiger partial charge in [0, 0.05) is 5.56 Å². The number of rotatable bonds is 4. The first-order valence-corrected chi connectivity index (χ1v) is 4.79. The minimum atomic E-state index is 0.578. The third kappa shape index (κ3) is 2.28. The van der Waals surface area contributed by atoms with E-state index >= 15 is 0 Å². The molecule has 0 aliphatic heterocycles. The number of benzene rings is 1. The summed E-state index contributed by atoms with van der Waals surface area (Å²) in [4.78, 5) is 0. The molecule has 0 fully saturated rings.